The molecule has 0 aliphatic carbocycles. The largest absolute Gasteiger partial charge is 0.678 e. The quantitative estimate of drug-likeness (QED) is 0.0815. The van der Waals surface area contributed by atoms with Crippen molar-refractivity contribution in [2.75, 3.05) is 77.9 Å². The smallest absolute Gasteiger partial charge is 0.396 e. The molecule has 0 aromatic rings. The molecule has 25 nitrogen and oxygen atoms in total. The average Bonchev–Trinajstić information content (AvgIpc) is 3.07. The summed E-state index contributed by atoms with van der Waals surface area (Å²) in [6.07, 6.45) is 0. The summed E-state index contributed by atoms with van der Waals surface area (Å²) in [7, 11) is -30.2. The predicted octanol–water partition coefficient (Wildman–Crippen LogP) is -2.92. The molecule has 5 atom stereocenters. The molecule has 0 saturated carbocycles. The highest BCUT2D eigenvalue weighted by Gasteiger charge is 2.82. The topological polar surface area (TPSA) is 253 Å². The summed E-state index contributed by atoms with van der Waals surface area (Å²) >= 11 is 0. The van der Waals surface area contributed by atoms with Crippen LogP contribution in [0, 0.1) is 0 Å². The van der Waals surface area contributed by atoms with Crippen LogP contribution in [0.3, 0.4) is 0 Å². The van der Waals surface area contributed by atoms with Crippen molar-refractivity contribution < 1.29 is 108 Å². The molecule has 308 valence electrons. The summed E-state index contributed by atoms with van der Waals surface area (Å²) in [5.41, 5.74) is -0.489. The van der Waals surface area contributed by atoms with Gasteiger partial charge in [-0.25, -0.2) is 0 Å². The lowest BCUT2D eigenvalue weighted by Crippen LogP contribution is -2.83. The van der Waals surface area contributed by atoms with Gasteiger partial charge in [0.05, 0.1) is 5.67 Å². The highest BCUT2D eigenvalue weighted by atomic mass is 28.6. The Morgan fingerprint density at radius 2 is 1.15 bits per heavy atom. The first-order valence-electron chi connectivity index (χ1n) is 14.9. The minimum absolute atomic E-state index is 0.489. The van der Waals surface area contributed by atoms with Crippen molar-refractivity contribution in [3.05, 3.63) is 0 Å². The first-order chi connectivity index (χ1) is 24.1. The fourth-order valence-corrected chi connectivity index (χ4v) is 43.8. The van der Waals surface area contributed by atoms with Gasteiger partial charge in [0.2, 0.25) is 0 Å². The molecule has 3 rings (SSSR count). The lowest BCUT2D eigenvalue weighted by molar-refractivity contribution is -0.101. The molecule has 36 heteroatoms. The SMILES string of the molecule is CO[Si]1(C)O[Si](O)(O[Si]2(OC)O[SiH2]O[Si](O[Si](C)(C)C)(O[Si]3(O[Si](OC)(OC)OC)O[Si](OC)(OC)O3)O2)C[Si](OC)(OCO[Si](O)(OC)OC)O1. The first kappa shape index (κ1) is 47.8. The van der Waals surface area contributed by atoms with Crippen LogP contribution in [0.4, 0.5) is 0 Å². The van der Waals surface area contributed by atoms with Crippen LogP contribution in [0.2, 0.25) is 31.9 Å². The molecular weight excluding hydrogens is 901 g/mol. The van der Waals surface area contributed by atoms with Crippen molar-refractivity contribution in [3.63, 3.8) is 0 Å². The lowest BCUT2D eigenvalue weighted by Gasteiger charge is -2.51. The van der Waals surface area contributed by atoms with Gasteiger partial charge in [0.1, 0.15) is 6.79 Å². The summed E-state index contributed by atoms with van der Waals surface area (Å²) in [5.74, 6) is 0. The normalized spacial score (nSPS) is 34.4. The summed E-state index contributed by atoms with van der Waals surface area (Å²) in [5, 5.41) is 0. The molecule has 3 fully saturated rings. The van der Waals surface area contributed by atoms with Crippen LogP contribution >= 0.6 is 0 Å². The molecule has 3 heterocycles. The molecule has 52 heavy (non-hydrogen) atoms. The van der Waals surface area contributed by atoms with Crippen LogP contribution in [0.15, 0.2) is 0 Å². The Morgan fingerprint density at radius 3 is 1.62 bits per heavy atom. The van der Waals surface area contributed by atoms with E-state index in [2.05, 4.69) is 0 Å². The Kier molecular flexibility index (Phi) is 16.6. The van der Waals surface area contributed by atoms with Gasteiger partial charge in [-0.2, -0.15) is 0 Å². The minimum Gasteiger partial charge on any atom is -0.396 e. The molecule has 0 aromatic heterocycles. The maximum atomic E-state index is 12.2. The summed E-state index contributed by atoms with van der Waals surface area (Å²) in [6, 6.07) is 0. The number of hydrogen-bond acceptors (Lipinski definition) is 25. The van der Waals surface area contributed by atoms with Crippen molar-refractivity contribution in [1.82, 2.24) is 0 Å². The Balaban J connectivity index is 2.03. The molecule has 2 N–H and O–H groups in total. The zero-order valence-electron chi connectivity index (χ0n) is 31.4. The van der Waals surface area contributed by atoms with Gasteiger partial charge in [0.15, 0.2) is 8.32 Å². The van der Waals surface area contributed by atoms with E-state index in [4.69, 9.17) is 98.4 Å². The van der Waals surface area contributed by atoms with Crippen LogP contribution in [0.1, 0.15) is 0 Å². The van der Waals surface area contributed by atoms with E-state index in [0.29, 0.717) is 0 Å². The van der Waals surface area contributed by atoms with Crippen molar-refractivity contribution in [2.45, 2.75) is 31.9 Å². The third kappa shape index (κ3) is 11.3. The van der Waals surface area contributed by atoms with Gasteiger partial charge in [-0.3, -0.25) is 0 Å². The predicted molar refractivity (Wildman–Crippen MR) is 188 cm³/mol. The first-order valence-corrected chi connectivity index (χ1v) is 35.5. The second kappa shape index (κ2) is 18.1. The zero-order chi connectivity index (χ0) is 39.4. The van der Waals surface area contributed by atoms with E-state index in [-0.39, 0.29) is 0 Å². The minimum atomic E-state index is -4.65. The van der Waals surface area contributed by atoms with Crippen LogP contribution in [0.5, 0.6) is 0 Å². The van der Waals surface area contributed by atoms with Gasteiger partial charge in [-0.1, -0.05) is 0 Å². The number of rotatable bonds is 22. The maximum Gasteiger partial charge on any atom is 0.678 e. The lowest BCUT2D eigenvalue weighted by atomic mass is 11.6. The van der Waals surface area contributed by atoms with Crippen LogP contribution in [-0.2, 0) is 98.4 Å². The van der Waals surface area contributed by atoms with E-state index in [9.17, 15) is 9.59 Å². The van der Waals surface area contributed by atoms with Crippen molar-refractivity contribution in [3.8, 4) is 0 Å². The monoisotopic (exact) mass is 950 g/mol. The Labute approximate surface area is 315 Å². The molecule has 0 spiro atoms. The van der Waals surface area contributed by atoms with E-state index in [1.54, 1.807) is 0 Å². The standard InChI is InChI=1S/C16H50O25Si11/c1-19-44(14)34-45(17,16-46(20-2,35-44)29-15-30-47(18,21-3)22-4)36-50(28-10)31-42-32-51(40-50,33-43(11,12)13)41-52(37-48(23-5,24-6)25-7)38-49(26-8,27-9)39-52/h17-18H,15-16,42H2,1-14H3. The molecule has 0 amide bonds. The van der Waals surface area contributed by atoms with Gasteiger partial charge in [-0.15, -0.1) is 0 Å². The Morgan fingerprint density at radius 1 is 0.615 bits per heavy atom. The molecule has 0 bridgehead atoms. The summed E-state index contributed by atoms with van der Waals surface area (Å²) < 4.78 is 133. The fraction of sp³-hybridized carbons (Fsp3) is 1.00. The Bertz CT molecular complexity index is 1140. The van der Waals surface area contributed by atoms with Gasteiger partial charge in [0.25, 0.3) is 10.0 Å². The molecule has 3 aliphatic rings. The molecule has 0 aromatic carbocycles. The van der Waals surface area contributed by atoms with Gasteiger partial charge in [0, 0.05) is 77.6 Å². The van der Waals surface area contributed by atoms with E-state index in [0.717, 1.165) is 0 Å². The molecular formula is C16H50O25Si11. The number of hydrogen-bond donors (Lipinski definition) is 2. The average molecular weight is 951 g/mol. The van der Waals surface area contributed by atoms with E-state index in [1.807, 2.05) is 19.6 Å². The second-order valence-corrected chi connectivity index (χ2v) is 42.1. The third-order valence-corrected chi connectivity index (χ3v) is 41.7. The van der Waals surface area contributed by atoms with E-state index < -0.39 is 111 Å². The van der Waals surface area contributed by atoms with Gasteiger partial charge < -0.3 is 108 Å². The summed E-state index contributed by atoms with van der Waals surface area (Å²) in [4.78, 5) is 22.5. The Hall–Kier alpha value is 1.39. The fourth-order valence-electron chi connectivity index (χ4n) is 4.35. The van der Waals surface area contributed by atoms with Crippen molar-refractivity contribution in [2.24, 2.45) is 0 Å². The molecule has 0 radical (unpaired) electrons. The van der Waals surface area contributed by atoms with Crippen LogP contribution < -0.4 is 0 Å². The third-order valence-electron chi connectivity index (χ3n) is 6.78. The zero-order valence-corrected chi connectivity index (χ0v) is 42.8. The van der Waals surface area contributed by atoms with Crippen LogP contribution in [-0.4, -0.2) is 187 Å². The van der Waals surface area contributed by atoms with Crippen molar-refractivity contribution in [1.29, 1.82) is 0 Å². The van der Waals surface area contributed by atoms with Crippen LogP contribution in [0.25, 0.3) is 0 Å². The highest BCUT2D eigenvalue weighted by Crippen LogP contribution is 2.42. The van der Waals surface area contributed by atoms with Crippen molar-refractivity contribution >= 4 is 99.0 Å². The summed E-state index contributed by atoms with van der Waals surface area (Å²) in [6.45, 7) is 6.34. The van der Waals surface area contributed by atoms with Gasteiger partial charge in [-0.05, 0) is 19.6 Å². The molecule has 3 saturated heterocycles. The molecule has 3 aliphatic heterocycles. The second-order valence-electron chi connectivity index (χ2n) is 11.3. The van der Waals surface area contributed by atoms with Gasteiger partial charge >= 0.3 is 80.7 Å². The van der Waals surface area contributed by atoms with E-state index >= 15 is 0 Å². The highest BCUT2D eigenvalue weighted by molar-refractivity contribution is 6.96. The molecule has 5 unspecified atom stereocenters. The van der Waals surface area contributed by atoms with E-state index in [1.165, 1.54) is 77.6 Å². The maximum absolute atomic E-state index is 12.2.